The van der Waals surface area contributed by atoms with Gasteiger partial charge in [0.2, 0.25) is 0 Å². The molecule has 1 aliphatic heterocycles. The van der Waals surface area contributed by atoms with E-state index in [0.717, 1.165) is 31.7 Å². The molecule has 1 aliphatic rings. The molecule has 0 bridgehead atoms. The maximum atomic E-state index is 12.4. The van der Waals surface area contributed by atoms with Crippen molar-refractivity contribution in [1.82, 2.24) is 4.90 Å². The standard InChI is InChI=1S/C21H24N2O3/c1-15(2)26-19-11-9-18(10-12-19)22-20(24)16-5-7-17(8-6-16)21(25)23-13-3-4-14-23/h5-12,15H,3-4,13-14H2,1-2H3,(H,22,24). The van der Waals surface area contributed by atoms with Gasteiger partial charge in [-0.1, -0.05) is 0 Å². The average Bonchev–Trinajstić information content (AvgIpc) is 3.17. The van der Waals surface area contributed by atoms with Gasteiger partial charge in [-0.2, -0.15) is 0 Å². The second-order valence-electron chi connectivity index (χ2n) is 6.72. The van der Waals surface area contributed by atoms with Crippen molar-refractivity contribution in [2.75, 3.05) is 18.4 Å². The summed E-state index contributed by atoms with van der Waals surface area (Å²) in [4.78, 5) is 26.6. The van der Waals surface area contributed by atoms with Gasteiger partial charge in [-0.15, -0.1) is 0 Å². The van der Waals surface area contributed by atoms with E-state index in [9.17, 15) is 9.59 Å². The fourth-order valence-electron chi connectivity index (χ4n) is 2.96. The number of rotatable bonds is 5. The molecule has 5 heteroatoms. The van der Waals surface area contributed by atoms with E-state index in [1.165, 1.54) is 0 Å². The van der Waals surface area contributed by atoms with E-state index in [1.807, 2.05) is 30.9 Å². The van der Waals surface area contributed by atoms with Gasteiger partial charge in [-0.3, -0.25) is 9.59 Å². The maximum absolute atomic E-state index is 12.4. The maximum Gasteiger partial charge on any atom is 0.255 e. The Bertz CT molecular complexity index is 761. The second-order valence-corrected chi connectivity index (χ2v) is 6.72. The third-order valence-corrected chi connectivity index (χ3v) is 4.27. The number of amides is 2. The fraction of sp³-hybridized carbons (Fsp3) is 0.333. The van der Waals surface area contributed by atoms with Crippen LogP contribution in [0.2, 0.25) is 0 Å². The molecule has 3 rings (SSSR count). The van der Waals surface area contributed by atoms with E-state index < -0.39 is 0 Å². The Balaban J connectivity index is 1.61. The molecule has 1 N–H and O–H groups in total. The van der Waals surface area contributed by atoms with Crippen LogP contribution in [0.5, 0.6) is 5.75 Å². The number of hydrogen-bond acceptors (Lipinski definition) is 3. The minimum atomic E-state index is -0.206. The molecule has 0 aromatic heterocycles. The first kappa shape index (κ1) is 18.0. The van der Waals surface area contributed by atoms with Crippen LogP contribution in [0.4, 0.5) is 5.69 Å². The average molecular weight is 352 g/mol. The van der Waals surface area contributed by atoms with Crippen LogP contribution in [-0.2, 0) is 0 Å². The topological polar surface area (TPSA) is 58.6 Å². The van der Waals surface area contributed by atoms with Crippen LogP contribution in [0.3, 0.4) is 0 Å². The molecular formula is C21H24N2O3. The molecule has 136 valence electrons. The van der Waals surface area contributed by atoms with Crippen LogP contribution < -0.4 is 10.1 Å². The second kappa shape index (κ2) is 8.04. The summed E-state index contributed by atoms with van der Waals surface area (Å²) in [6, 6.07) is 14.1. The summed E-state index contributed by atoms with van der Waals surface area (Å²) in [6.45, 7) is 5.57. The zero-order chi connectivity index (χ0) is 18.5. The molecule has 5 nitrogen and oxygen atoms in total. The molecule has 2 aromatic carbocycles. The minimum Gasteiger partial charge on any atom is -0.491 e. The third kappa shape index (κ3) is 4.42. The molecule has 0 unspecified atom stereocenters. The van der Waals surface area contributed by atoms with Crippen LogP contribution in [-0.4, -0.2) is 35.9 Å². The molecule has 1 heterocycles. The first-order chi connectivity index (χ1) is 12.5. The highest BCUT2D eigenvalue weighted by molar-refractivity contribution is 6.05. The largest absolute Gasteiger partial charge is 0.491 e. The summed E-state index contributed by atoms with van der Waals surface area (Å²) in [5, 5.41) is 2.85. The first-order valence-corrected chi connectivity index (χ1v) is 9.00. The van der Waals surface area contributed by atoms with Gasteiger partial charge in [0.05, 0.1) is 6.10 Å². The van der Waals surface area contributed by atoms with Crippen molar-refractivity contribution in [2.24, 2.45) is 0 Å². The van der Waals surface area contributed by atoms with E-state index in [4.69, 9.17) is 4.74 Å². The zero-order valence-corrected chi connectivity index (χ0v) is 15.2. The number of anilines is 1. The molecule has 0 spiro atoms. The lowest BCUT2D eigenvalue weighted by Crippen LogP contribution is -2.27. The lowest BCUT2D eigenvalue weighted by atomic mass is 10.1. The van der Waals surface area contributed by atoms with Crippen molar-refractivity contribution in [3.63, 3.8) is 0 Å². The van der Waals surface area contributed by atoms with Crippen molar-refractivity contribution in [2.45, 2.75) is 32.8 Å². The SMILES string of the molecule is CC(C)Oc1ccc(NC(=O)c2ccc(C(=O)N3CCCC3)cc2)cc1. The predicted octanol–water partition coefficient (Wildman–Crippen LogP) is 3.96. The van der Waals surface area contributed by atoms with Gasteiger partial charge in [0.25, 0.3) is 11.8 Å². The number of ether oxygens (including phenoxy) is 1. The molecule has 0 aliphatic carbocycles. The number of carbonyl (C=O) groups is 2. The Morgan fingerprint density at radius 2 is 1.50 bits per heavy atom. The van der Waals surface area contributed by atoms with Crippen molar-refractivity contribution in [1.29, 1.82) is 0 Å². The van der Waals surface area contributed by atoms with Gasteiger partial charge in [0, 0.05) is 29.9 Å². The van der Waals surface area contributed by atoms with Crippen molar-refractivity contribution in [3.8, 4) is 5.75 Å². The summed E-state index contributed by atoms with van der Waals surface area (Å²) in [5.41, 5.74) is 1.84. The molecule has 1 fully saturated rings. The normalized spacial score (nSPS) is 13.7. The first-order valence-electron chi connectivity index (χ1n) is 9.00. The number of nitrogens with one attached hydrogen (secondary N) is 1. The van der Waals surface area contributed by atoms with Crippen LogP contribution in [0.25, 0.3) is 0 Å². The molecule has 26 heavy (non-hydrogen) atoms. The van der Waals surface area contributed by atoms with Crippen LogP contribution in [0, 0.1) is 0 Å². The van der Waals surface area contributed by atoms with Gasteiger partial charge in [-0.05, 0) is 75.2 Å². The molecule has 0 radical (unpaired) electrons. The van der Waals surface area contributed by atoms with Crippen molar-refractivity contribution >= 4 is 17.5 Å². The monoisotopic (exact) mass is 352 g/mol. The van der Waals surface area contributed by atoms with Gasteiger partial charge in [0.15, 0.2) is 0 Å². The van der Waals surface area contributed by atoms with Gasteiger partial charge < -0.3 is 15.0 Å². The lowest BCUT2D eigenvalue weighted by Gasteiger charge is -2.15. The van der Waals surface area contributed by atoms with E-state index in [-0.39, 0.29) is 17.9 Å². The van der Waals surface area contributed by atoms with E-state index in [0.29, 0.717) is 16.8 Å². The molecule has 2 amide bonds. The summed E-state index contributed by atoms with van der Waals surface area (Å²) in [6.07, 6.45) is 2.23. The lowest BCUT2D eigenvalue weighted by molar-refractivity contribution is 0.0792. The zero-order valence-electron chi connectivity index (χ0n) is 15.2. The molecule has 2 aromatic rings. The summed E-state index contributed by atoms with van der Waals surface area (Å²) in [5.74, 6) is 0.598. The summed E-state index contributed by atoms with van der Waals surface area (Å²) >= 11 is 0. The predicted molar refractivity (Wildman–Crippen MR) is 102 cm³/mol. The Morgan fingerprint density at radius 1 is 0.923 bits per heavy atom. The molecule has 0 atom stereocenters. The van der Waals surface area contributed by atoms with Gasteiger partial charge in [-0.25, -0.2) is 0 Å². The Morgan fingerprint density at radius 3 is 2.08 bits per heavy atom. The van der Waals surface area contributed by atoms with Crippen molar-refractivity contribution < 1.29 is 14.3 Å². The van der Waals surface area contributed by atoms with E-state index in [1.54, 1.807) is 36.4 Å². The summed E-state index contributed by atoms with van der Waals surface area (Å²) in [7, 11) is 0. The van der Waals surface area contributed by atoms with Crippen LogP contribution in [0.15, 0.2) is 48.5 Å². The number of likely N-dealkylation sites (tertiary alicyclic amines) is 1. The highest BCUT2D eigenvalue weighted by Gasteiger charge is 2.19. The van der Waals surface area contributed by atoms with Crippen LogP contribution in [0.1, 0.15) is 47.4 Å². The molecule has 1 saturated heterocycles. The third-order valence-electron chi connectivity index (χ3n) is 4.27. The van der Waals surface area contributed by atoms with E-state index >= 15 is 0 Å². The highest BCUT2D eigenvalue weighted by Crippen LogP contribution is 2.18. The fourth-order valence-corrected chi connectivity index (χ4v) is 2.96. The Hall–Kier alpha value is -2.82. The number of nitrogens with zero attached hydrogens (tertiary/aromatic N) is 1. The van der Waals surface area contributed by atoms with Crippen molar-refractivity contribution in [3.05, 3.63) is 59.7 Å². The Labute approximate surface area is 154 Å². The van der Waals surface area contributed by atoms with Gasteiger partial charge in [0.1, 0.15) is 5.75 Å². The summed E-state index contributed by atoms with van der Waals surface area (Å²) < 4.78 is 5.59. The number of carbonyl (C=O) groups excluding carboxylic acids is 2. The number of hydrogen-bond donors (Lipinski definition) is 1. The number of benzene rings is 2. The van der Waals surface area contributed by atoms with E-state index in [2.05, 4.69) is 5.32 Å². The molecule has 0 saturated carbocycles. The quantitative estimate of drug-likeness (QED) is 0.886. The smallest absolute Gasteiger partial charge is 0.255 e. The molecular weight excluding hydrogens is 328 g/mol. The Kier molecular flexibility index (Phi) is 5.56. The highest BCUT2D eigenvalue weighted by atomic mass is 16.5. The van der Waals surface area contributed by atoms with Gasteiger partial charge >= 0.3 is 0 Å². The van der Waals surface area contributed by atoms with Crippen LogP contribution >= 0.6 is 0 Å². The minimum absolute atomic E-state index is 0.0372.